The van der Waals surface area contributed by atoms with Crippen LogP contribution in [0.25, 0.3) is 0 Å². The van der Waals surface area contributed by atoms with Crippen LogP contribution in [0.4, 0.5) is 11.4 Å². The van der Waals surface area contributed by atoms with Gasteiger partial charge in [-0.05, 0) is 36.2 Å². The van der Waals surface area contributed by atoms with Crippen molar-refractivity contribution >= 4 is 34.7 Å². The van der Waals surface area contributed by atoms with Gasteiger partial charge in [-0.3, -0.25) is 20.2 Å². The van der Waals surface area contributed by atoms with Crippen molar-refractivity contribution in [1.82, 2.24) is 0 Å². The van der Waals surface area contributed by atoms with Crippen LogP contribution in [0.3, 0.4) is 0 Å². The summed E-state index contributed by atoms with van der Waals surface area (Å²) < 4.78 is 0. The monoisotopic (exact) mass is 326 g/mol. The van der Waals surface area contributed by atoms with E-state index in [0.29, 0.717) is 33.8 Å². The fraction of sp³-hybridized carbons (Fsp3) is 0.538. The number of nitrogens with zero attached hydrogens (tertiary/aromatic N) is 2. The molecule has 0 radical (unpaired) electrons. The Hall–Kier alpha value is -1.34. The van der Waals surface area contributed by atoms with Gasteiger partial charge in [0.25, 0.3) is 11.4 Å². The second-order valence-electron chi connectivity index (χ2n) is 5.91. The van der Waals surface area contributed by atoms with Crippen LogP contribution in [0.2, 0.25) is 0 Å². The lowest BCUT2D eigenvalue weighted by Gasteiger charge is -2.16. The summed E-state index contributed by atoms with van der Waals surface area (Å²) in [6.45, 7) is 0. The summed E-state index contributed by atoms with van der Waals surface area (Å²) >= 11 is 7.87. The highest BCUT2D eigenvalue weighted by atomic mass is 35.5. The molecule has 0 heterocycles. The summed E-state index contributed by atoms with van der Waals surface area (Å²) in [5.74, 6) is 2.29. The van der Waals surface area contributed by atoms with Crippen molar-refractivity contribution in [3.8, 4) is 0 Å². The molecule has 5 rings (SSSR count). The van der Waals surface area contributed by atoms with Gasteiger partial charge in [-0.1, -0.05) is 0 Å². The summed E-state index contributed by atoms with van der Waals surface area (Å²) in [7, 11) is 0. The number of alkyl halides is 1. The van der Waals surface area contributed by atoms with E-state index in [1.54, 1.807) is 0 Å². The van der Waals surface area contributed by atoms with Crippen LogP contribution in [0.15, 0.2) is 23.1 Å². The van der Waals surface area contributed by atoms with E-state index in [1.165, 1.54) is 23.9 Å². The second kappa shape index (κ2) is 4.33. The quantitative estimate of drug-likeness (QED) is 0.480. The molecule has 1 aromatic rings. The second-order valence-corrected chi connectivity index (χ2v) is 7.64. The van der Waals surface area contributed by atoms with E-state index in [2.05, 4.69) is 0 Å². The van der Waals surface area contributed by atoms with Gasteiger partial charge in [-0.25, -0.2) is 0 Å². The Bertz CT molecular complexity index is 670. The zero-order valence-corrected chi connectivity index (χ0v) is 12.3. The molecule has 6 nitrogen and oxygen atoms in total. The maximum atomic E-state index is 11.2. The highest BCUT2D eigenvalue weighted by molar-refractivity contribution is 8.00. The summed E-state index contributed by atoms with van der Waals surface area (Å²) in [4.78, 5) is 21.3. The average molecular weight is 327 g/mol. The van der Waals surface area contributed by atoms with Gasteiger partial charge >= 0.3 is 0 Å². The lowest BCUT2D eigenvalue weighted by atomic mass is 10.1. The van der Waals surface area contributed by atoms with Crippen molar-refractivity contribution in [2.75, 3.05) is 0 Å². The molecule has 0 N–H and O–H groups in total. The number of halogens is 1. The fourth-order valence-electron chi connectivity index (χ4n) is 4.16. The number of hydrogen-bond donors (Lipinski definition) is 0. The molecule has 110 valence electrons. The molecular formula is C13H11ClN2O4S. The highest BCUT2D eigenvalue weighted by Gasteiger charge is 2.73. The molecule has 4 aliphatic carbocycles. The van der Waals surface area contributed by atoms with E-state index in [0.717, 1.165) is 12.5 Å². The zero-order valence-electron chi connectivity index (χ0n) is 10.7. The van der Waals surface area contributed by atoms with Crippen molar-refractivity contribution in [2.45, 2.75) is 21.9 Å². The smallest absolute Gasteiger partial charge is 0.258 e. The first-order valence-corrected chi connectivity index (χ1v) is 8.04. The summed E-state index contributed by atoms with van der Waals surface area (Å²) in [6.07, 6.45) is 1.13. The fourth-order valence-corrected chi connectivity index (χ4v) is 6.55. The molecule has 6 atom stereocenters. The first-order valence-electron chi connectivity index (χ1n) is 6.72. The Morgan fingerprint density at radius 2 is 1.90 bits per heavy atom. The number of non-ortho nitro benzene ring substituents is 1. The highest BCUT2D eigenvalue weighted by Crippen LogP contribution is 2.75. The SMILES string of the molecule is O=[N+]([O-])c1ccc(S[C@@H]2C3C4[C@H]3C[C@H]2[C@H]4Cl)c([N+](=O)[O-])c1. The van der Waals surface area contributed by atoms with E-state index in [1.807, 2.05) is 0 Å². The van der Waals surface area contributed by atoms with Crippen LogP contribution in [-0.2, 0) is 0 Å². The molecule has 0 aliphatic heterocycles. The number of thioether (sulfide) groups is 1. The van der Waals surface area contributed by atoms with E-state index < -0.39 is 9.85 Å². The molecular weight excluding hydrogens is 316 g/mol. The van der Waals surface area contributed by atoms with Gasteiger partial charge in [0.1, 0.15) is 0 Å². The number of rotatable bonds is 4. The number of hydrogen-bond acceptors (Lipinski definition) is 5. The topological polar surface area (TPSA) is 86.3 Å². The van der Waals surface area contributed by atoms with Crippen LogP contribution in [-0.4, -0.2) is 20.5 Å². The Morgan fingerprint density at radius 3 is 2.38 bits per heavy atom. The summed E-state index contributed by atoms with van der Waals surface area (Å²) in [5, 5.41) is 22.4. The summed E-state index contributed by atoms with van der Waals surface area (Å²) in [5.41, 5.74) is -0.428. The molecule has 0 amide bonds. The van der Waals surface area contributed by atoms with Gasteiger partial charge in [0.15, 0.2) is 0 Å². The van der Waals surface area contributed by atoms with Gasteiger partial charge in [0, 0.05) is 16.7 Å². The van der Waals surface area contributed by atoms with Crippen molar-refractivity contribution < 1.29 is 9.85 Å². The normalized spacial score (nSPS) is 38.5. The molecule has 8 heteroatoms. The Labute approximate surface area is 129 Å². The number of nitro groups is 2. The standard InChI is InChI=1S/C13H11ClN2O4S/c14-12-7-4-6-10(12)11(6)13(7)21-9-2-1-5(15(17)18)3-8(9)16(19)20/h1-3,6-7,10-13H,4H2/t6-,7+,10?,11?,12-,13+/m1/s1. The maximum Gasteiger partial charge on any atom is 0.289 e. The van der Waals surface area contributed by atoms with Crippen molar-refractivity contribution in [3.63, 3.8) is 0 Å². The van der Waals surface area contributed by atoms with Crippen LogP contribution in [0, 0.1) is 43.9 Å². The third-order valence-electron chi connectivity index (χ3n) is 5.03. The minimum Gasteiger partial charge on any atom is -0.258 e. The Morgan fingerprint density at radius 1 is 1.14 bits per heavy atom. The molecule has 0 spiro atoms. The van der Waals surface area contributed by atoms with Crippen molar-refractivity contribution in [3.05, 3.63) is 38.4 Å². The summed E-state index contributed by atoms with van der Waals surface area (Å²) in [6, 6.07) is 3.87. The molecule has 4 aliphatic rings. The molecule has 1 aromatic carbocycles. The molecule has 0 aromatic heterocycles. The van der Waals surface area contributed by atoms with Crippen molar-refractivity contribution in [2.24, 2.45) is 23.7 Å². The third kappa shape index (κ3) is 1.80. The van der Waals surface area contributed by atoms with E-state index in [4.69, 9.17) is 11.6 Å². The van der Waals surface area contributed by atoms with E-state index >= 15 is 0 Å². The third-order valence-corrected chi connectivity index (χ3v) is 7.18. The maximum absolute atomic E-state index is 11.2. The Kier molecular flexibility index (Phi) is 2.75. The zero-order chi connectivity index (χ0) is 14.9. The molecule has 0 saturated heterocycles. The molecule has 2 unspecified atom stereocenters. The van der Waals surface area contributed by atoms with E-state index in [-0.39, 0.29) is 16.8 Å². The molecule has 4 fully saturated rings. The van der Waals surface area contributed by atoms with Crippen LogP contribution in [0.1, 0.15) is 6.42 Å². The lowest BCUT2D eigenvalue weighted by molar-refractivity contribution is -0.396. The van der Waals surface area contributed by atoms with Crippen molar-refractivity contribution in [1.29, 1.82) is 0 Å². The lowest BCUT2D eigenvalue weighted by Crippen LogP contribution is -2.13. The average Bonchev–Trinajstić information content (AvgIpc) is 2.75. The van der Waals surface area contributed by atoms with Gasteiger partial charge in [0.05, 0.1) is 20.8 Å². The first-order chi connectivity index (χ1) is 9.99. The molecule has 4 saturated carbocycles. The van der Waals surface area contributed by atoms with Gasteiger partial charge in [-0.2, -0.15) is 0 Å². The minimum absolute atomic E-state index is 0.179. The van der Waals surface area contributed by atoms with Crippen LogP contribution < -0.4 is 0 Å². The van der Waals surface area contributed by atoms with Gasteiger partial charge < -0.3 is 0 Å². The van der Waals surface area contributed by atoms with Crippen LogP contribution >= 0.6 is 23.4 Å². The first kappa shape index (κ1) is 13.3. The minimum atomic E-state index is -0.611. The number of nitro benzene ring substituents is 2. The van der Waals surface area contributed by atoms with Gasteiger partial charge in [-0.15, -0.1) is 23.4 Å². The number of benzene rings is 1. The van der Waals surface area contributed by atoms with Crippen LogP contribution in [0.5, 0.6) is 0 Å². The molecule has 21 heavy (non-hydrogen) atoms. The predicted molar refractivity (Wildman–Crippen MR) is 77.6 cm³/mol. The Balaban J connectivity index is 1.64. The largest absolute Gasteiger partial charge is 0.289 e. The predicted octanol–water partition coefficient (Wildman–Crippen LogP) is 3.47. The van der Waals surface area contributed by atoms with Gasteiger partial charge in [0.2, 0.25) is 0 Å². The van der Waals surface area contributed by atoms with E-state index in [9.17, 15) is 20.2 Å². The molecule has 4 bridgehead atoms.